The van der Waals surface area contributed by atoms with E-state index in [-0.39, 0.29) is 18.1 Å². The maximum atomic E-state index is 11.0. The van der Waals surface area contributed by atoms with E-state index in [1.165, 1.54) is 0 Å². The molecule has 0 aliphatic carbocycles. The Kier molecular flexibility index (Phi) is 3.45. The molecule has 1 aromatic rings. The van der Waals surface area contributed by atoms with Crippen LogP contribution in [0.5, 0.6) is 0 Å². The van der Waals surface area contributed by atoms with Crippen LogP contribution in [0.25, 0.3) is 0 Å². The van der Waals surface area contributed by atoms with Crippen molar-refractivity contribution in [1.82, 2.24) is 0 Å². The quantitative estimate of drug-likeness (QED) is 0.544. The highest BCUT2D eigenvalue weighted by atomic mass is 35.5. The van der Waals surface area contributed by atoms with Gasteiger partial charge in [-0.25, -0.2) is 0 Å². The fourth-order valence-corrected chi connectivity index (χ4v) is 1.98. The van der Waals surface area contributed by atoms with Gasteiger partial charge in [0.25, 0.3) is 0 Å². The highest BCUT2D eigenvalue weighted by Gasteiger charge is 2.07. The molecule has 0 aromatic carbocycles. The van der Waals surface area contributed by atoms with Crippen LogP contribution in [0.15, 0.2) is 12.1 Å². The lowest BCUT2D eigenvalue weighted by Crippen LogP contribution is -2.23. The maximum Gasteiger partial charge on any atom is 0.187 e. The molecule has 1 rings (SSSR count). The molecular weight excluding hydrogens is 212 g/mol. The minimum absolute atomic E-state index is 0.0781. The predicted octanol–water partition coefficient (Wildman–Crippen LogP) is 0.462. The van der Waals surface area contributed by atoms with Crippen molar-refractivity contribution in [3.05, 3.63) is 21.9 Å². The molecule has 3 nitrogen and oxygen atoms in total. The van der Waals surface area contributed by atoms with Crippen molar-refractivity contribution in [1.29, 1.82) is 0 Å². The monoisotopic (exact) mass is 217 g/mol. The van der Waals surface area contributed by atoms with Crippen LogP contribution in [-0.2, 0) is 11.2 Å². The van der Waals surface area contributed by atoms with Crippen LogP contribution >= 0.6 is 22.9 Å². The van der Waals surface area contributed by atoms with Gasteiger partial charge in [-0.2, -0.15) is 0 Å². The first kappa shape index (κ1) is 10.2. The topological polar surface area (TPSA) is 57.2 Å². The van der Waals surface area contributed by atoms with Gasteiger partial charge in [0.1, 0.15) is 0 Å². The first-order valence-electron chi connectivity index (χ1n) is 3.51. The normalized spacial score (nSPS) is 9.92. The zero-order valence-electron chi connectivity index (χ0n) is 6.58. The Morgan fingerprint density at radius 2 is 2.15 bits per heavy atom. The van der Waals surface area contributed by atoms with Crippen molar-refractivity contribution in [2.45, 2.75) is 6.42 Å². The molecule has 0 fully saturated rings. The second kappa shape index (κ2) is 4.39. The van der Waals surface area contributed by atoms with Crippen LogP contribution in [0.4, 0.5) is 0 Å². The zero-order valence-corrected chi connectivity index (χ0v) is 8.15. The summed E-state index contributed by atoms with van der Waals surface area (Å²) in [5.41, 5.74) is 0. The molecule has 1 aromatic heterocycles. The van der Waals surface area contributed by atoms with Gasteiger partial charge in [0, 0.05) is 17.3 Å². The lowest BCUT2D eigenvalue weighted by Gasteiger charge is -1.96. The first-order chi connectivity index (χ1) is 6.13. The van der Waals surface area contributed by atoms with Crippen molar-refractivity contribution < 1.29 is 14.7 Å². The van der Waals surface area contributed by atoms with E-state index in [0.29, 0.717) is 9.75 Å². The lowest BCUT2D eigenvalue weighted by molar-refractivity contribution is -0.304. The predicted molar refractivity (Wildman–Crippen MR) is 48.1 cm³/mol. The van der Waals surface area contributed by atoms with E-state index in [1.807, 2.05) is 0 Å². The molecule has 0 aliphatic rings. The molecule has 0 saturated heterocycles. The molecule has 0 saturated carbocycles. The smallest absolute Gasteiger partial charge is 0.187 e. The van der Waals surface area contributed by atoms with E-state index in [9.17, 15) is 14.7 Å². The summed E-state index contributed by atoms with van der Waals surface area (Å²) in [6, 6.07) is 3.17. The molecule has 0 amide bonds. The lowest BCUT2D eigenvalue weighted by atomic mass is 10.3. The number of ketones is 1. The zero-order chi connectivity index (χ0) is 9.84. The number of hydrogen-bond acceptors (Lipinski definition) is 4. The molecule has 0 bridgehead atoms. The summed E-state index contributed by atoms with van der Waals surface area (Å²) in [7, 11) is 0. The Morgan fingerprint density at radius 3 is 2.69 bits per heavy atom. The number of rotatable bonds is 4. The van der Waals surface area contributed by atoms with Gasteiger partial charge in [0.15, 0.2) is 5.78 Å². The van der Waals surface area contributed by atoms with Gasteiger partial charge in [-0.1, -0.05) is 0 Å². The summed E-state index contributed by atoms with van der Waals surface area (Å²) in [5.74, 6) is -1.41. The average Bonchev–Trinajstić information content (AvgIpc) is 2.50. The molecule has 0 spiro atoms. The number of aliphatic carboxylic acids is 1. The molecule has 70 valence electrons. The number of Topliss-reactive ketones (excluding diaryl/α,β-unsaturated/α-hetero) is 1. The fraction of sp³-hybridized carbons (Fsp3) is 0.250. The Balaban J connectivity index is 2.74. The Morgan fingerprint density at radius 1 is 1.46 bits per heavy atom. The summed E-state index contributed by atoms with van der Waals surface area (Å²) in [6.45, 7) is 0. The van der Waals surface area contributed by atoms with E-state index in [4.69, 9.17) is 11.6 Å². The summed E-state index contributed by atoms with van der Waals surface area (Å²) in [5, 5.41) is 10.2. The van der Waals surface area contributed by atoms with Crippen LogP contribution in [0.3, 0.4) is 0 Å². The number of carbonyl (C=O) groups is 2. The Bertz CT molecular complexity index is 332. The second-order valence-electron chi connectivity index (χ2n) is 2.37. The molecule has 1 heterocycles. The van der Waals surface area contributed by atoms with Crippen molar-refractivity contribution in [3.63, 3.8) is 0 Å². The first-order valence-corrected chi connectivity index (χ1v) is 4.86. The minimum Gasteiger partial charge on any atom is -0.550 e. The van der Waals surface area contributed by atoms with Gasteiger partial charge in [0.05, 0.1) is 10.8 Å². The van der Waals surface area contributed by atoms with Gasteiger partial charge < -0.3 is 9.90 Å². The van der Waals surface area contributed by atoms with E-state index in [2.05, 4.69) is 0 Å². The number of alkyl halides is 1. The summed E-state index contributed by atoms with van der Waals surface area (Å²) < 4.78 is 0. The molecule has 0 aliphatic heterocycles. The van der Waals surface area contributed by atoms with Gasteiger partial charge in [0.2, 0.25) is 0 Å². The number of carbonyl (C=O) groups excluding carboxylic acids is 2. The molecule has 13 heavy (non-hydrogen) atoms. The van der Waals surface area contributed by atoms with Crippen LogP contribution in [-0.4, -0.2) is 17.6 Å². The molecule has 5 heteroatoms. The highest BCUT2D eigenvalue weighted by Crippen LogP contribution is 2.17. The third kappa shape index (κ3) is 2.82. The summed E-state index contributed by atoms with van der Waals surface area (Å²) in [4.78, 5) is 22.3. The number of thiophene rings is 1. The van der Waals surface area contributed by atoms with Crippen molar-refractivity contribution >= 4 is 34.7 Å². The highest BCUT2D eigenvalue weighted by molar-refractivity contribution is 7.14. The Hall–Kier alpha value is -0.870. The number of carboxylic acid groups (broad SMARTS) is 1. The third-order valence-electron chi connectivity index (χ3n) is 1.38. The van der Waals surface area contributed by atoms with E-state index in [1.54, 1.807) is 12.1 Å². The molecule has 0 unspecified atom stereocenters. The number of hydrogen-bond donors (Lipinski definition) is 0. The molecule has 0 atom stereocenters. The van der Waals surface area contributed by atoms with Crippen molar-refractivity contribution in [2.24, 2.45) is 0 Å². The van der Waals surface area contributed by atoms with Gasteiger partial charge >= 0.3 is 0 Å². The summed E-state index contributed by atoms with van der Waals surface area (Å²) in [6.07, 6.45) is -0.153. The Labute approximate surface area is 84.0 Å². The molecule has 0 N–H and O–H groups in total. The molecule has 0 radical (unpaired) electrons. The number of carboxylic acids is 1. The van der Waals surface area contributed by atoms with Crippen LogP contribution < -0.4 is 5.11 Å². The van der Waals surface area contributed by atoms with Crippen LogP contribution in [0, 0.1) is 0 Å². The van der Waals surface area contributed by atoms with E-state index in [0.717, 1.165) is 11.3 Å². The SMILES string of the molecule is O=C([O-])Cc1ccc(C(=O)CCl)s1. The van der Waals surface area contributed by atoms with Crippen LogP contribution in [0.2, 0.25) is 0 Å². The third-order valence-corrected chi connectivity index (χ3v) is 2.75. The number of halogens is 1. The van der Waals surface area contributed by atoms with E-state index < -0.39 is 5.97 Å². The van der Waals surface area contributed by atoms with Crippen LogP contribution in [0.1, 0.15) is 14.5 Å². The van der Waals surface area contributed by atoms with Gasteiger partial charge in [-0.15, -0.1) is 22.9 Å². The van der Waals surface area contributed by atoms with Crippen molar-refractivity contribution in [2.75, 3.05) is 5.88 Å². The second-order valence-corrected chi connectivity index (χ2v) is 3.81. The average molecular weight is 218 g/mol. The fourth-order valence-electron chi connectivity index (χ4n) is 0.831. The summed E-state index contributed by atoms with van der Waals surface area (Å²) >= 11 is 6.47. The minimum atomic E-state index is -1.15. The van der Waals surface area contributed by atoms with Gasteiger partial charge in [-0.05, 0) is 12.1 Å². The largest absolute Gasteiger partial charge is 0.550 e. The standard InChI is InChI=1S/C8H7ClO3S/c9-4-6(10)7-2-1-5(13-7)3-8(11)12/h1-2H,3-4H2,(H,11,12)/p-1. The maximum absolute atomic E-state index is 11.0. The van der Waals surface area contributed by atoms with Crippen molar-refractivity contribution in [3.8, 4) is 0 Å². The molecular formula is C8H6ClO3S-. The van der Waals surface area contributed by atoms with Gasteiger partial charge in [-0.3, -0.25) is 4.79 Å². The van der Waals surface area contributed by atoms with E-state index >= 15 is 0 Å².